The molecule has 72 valence electrons. The van der Waals surface area contributed by atoms with Gasteiger partial charge in [0.05, 0.1) is 6.61 Å². The van der Waals surface area contributed by atoms with Crippen LogP contribution in [0.25, 0.3) is 0 Å². The van der Waals surface area contributed by atoms with E-state index in [4.69, 9.17) is 10.5 Å². The van der Waals surface area contributed by atoms with Crippen LogP contribution in [0, 0.1) is 0 Å². The molecule has 0 spiro atoms. The fourth-order valence-electron chi connectivity index (χ4n) is 1.13. The molecule has 1 heterocycles. The molecule has 0 bridgehead atoms. The molecule has 0 unspecified atom stereocenters. The van der Waals surface area contributed by atoms with E-state index in [2.05, 4.69) is 4.98 Å². The molecular formula is C10H16N2O. The SMILES string of the molecule is CCOc1ccnc(CCCN)c1. The van der Waals surface area contributed by atoms with Crippen LogP contribution >= 0.6 is 0 Å². The van der Waals surface area contributed by atoms with Crippen molar-refractivity contribution in [1.82, 2.24) is 4.98 Å². The number of hydrogen-bond acceptors (Lipinski definition) is 3. The average Bonchev–Trinajstić information content (AvgIpc) is 2.16. The summed E-state index contributed by atoms with van der Waals surface area (Å²) in [5.41, 5.74) is 6.47. The van der Waals surface area contributed by atoms with Gasteiger partial charge in [-0.3, -0.25) is 4.98 Å². The number of nitrogens with two attached hydrogens (primary N) is 1. The van der Waals surface area contributed by atoms with E-state index in [0.29, 0.717) is 13.2 Å². The predicted octanol–water partition coefficient (Wildman–Crippen LogP) is 1.37. The zero-order valence-corrected chi connectivity index (χ0v) is 7.99. The Balaban J connectivity index is 2.56. The van der Waals surface area contributed by atoms with E-state index in [9.17, 15) is 0 Å². The summed E-state index contributed by atoms with van der Waals surface area (Å²) in [5.74, 6) is 0.893. The lowest BCUT2D eigenvalue weighted by molar-refractivity contribution is 0.339. The minimum Gasteiger partial charge on any atom is -0.494 e. The Labute approximate surface area is 78.9 Å². The Kier molecular flexibility index (Phi) is 4.26. The summed E-state index contributed by atoms with van der Waals surface area (Å²) in [6.45, 7) is 3.38. The third-order valence-corrected chi connectivity index (χ3v) is 1.74. The van der Waals surface area contributed by atoms with E-state index >= 15 is 0 Å². The van der Waals surface area contributed by atoms with Crippen molar-refractivity contribution in [2.75, 3.05) is 13.2 Å². The molecule has 1 rings (SSSR count). The average molecular weight is 180 g/mol. The highest BCUT2D eigenvalue weighted by Crippen LogP contribution is 2.11. The maximum atomic E-state index is 5.41. The number of aromatic nitrogens is 1. The van der Waals surface area contributed by atoms with Crippen molar-refractivity contribution in [3.05, 3.63) is 24.0 Å². The van der Waals surface area contributed by atoms with Crippen LogP contribution in [0.3, 0.4) is 0 Å². The first-order valence-corrected chi connectivity index (χ1v) is 4.64. The van der Waals surface area contributed by atoms with Gasteiger partial charge < -0.3 is 10.5 Å². The molecule has 0 radical (unpaired) electrons. The smallest absolute Gasteiger partial charge is 0.122 e. The van der Waals surface area contributed by atoms with Crippen molar-refractivity contribution in [2.45, 2.75) is 19.8 Å². The maximum Gasteiger partial charge on any atom is 0.122 e. The molecule has 0 atom stereocenters. The van der Waals surface area contributed by atoms with Gasteiger partial charge in [-0.15, -0.1) is 0 Å². The van der Waals surface area contributed by atoms with Gasteiger partial charge in [0.15, 0.2) is 0 Å². The van der Waals surface area contributed by atoms with Gasteiger partial charge in [-0.2, -0.15) is 0 Å². The maximum absolute atomic E-state index is 5.41. The molecule has 1 aromatic heterocycles. The van der Waals surface area contributed by atoms with E-state index in [1.54, 1.807) is 6.20 Å². The van der Waals surface area contributed by atoms with Crippen LogP contribution in [0.1, 0.15) is 19.0 Å². The molecule has 0 saturated heterocycles. The zero-order chi connectivity index (χ0) is 9.52. The third-order valence-electron chi connectivity index (χ3n) is 1.74. The molecule has 0 aliphatic rings. The first-order chi connectivity index (χ1) is 6.36. The molecule has 1 aromatic rings. The summed E-state index contributed by atoms with van der Waals surface area (Å²) in [6, 6.07) is 3.84. The molecular weight excluding hydrogens is 164 g/mol. The van der Waals surface area contributed by atoms with Gasteiger partial charge in [-0.1, -0.05) is 0 Å². The Morgan fingerprint density at radius 2 is 2.38 bits per heavy atom. The van der Waals surface area contributed by atoms with E-state index < -0.39 is 0 Å². The van der Waals surface area contributed by atoms with Gasteiger partial charge in [0.25, 0.3) is 0 Å². The number of hydrogen-bond donors (Lipinski definition) is 1. The van der Waals surface area contributed by atoms with Crippen LogP contribution in [0.4, 0.5) is 0 Å². The molecule has 0 aliphatic carbocycles. The van der Waals surface area contributed by atoms with Crippen molar-refractivity contribution < 1.29 is 4.74 Å². The molecule has 0 saturated carbocycles. The molecule has 0 aromatic carbocycles. The summed E-state index contributed by atoms with van der Waals surface area (Å²) in [4.78, 5) is 4.22. The van der Waals surface area contributed by atoms with E-state index in [-0.39, 0.29) is 0 Å². The fourth-order valence-corrected chi connectivity index (χ4v) is 1.13. The van der Waals surface area contributed by atoms with Crippen LogP contribution in [0.2, 0.25) is 0 Å². The topological polar surface area (TPSA) is 48.1 Å². The van der Waals surface area contributed by atoms with Crippen LogP contribution in [0.15, 0.2) is 18.3 Å². The van der Waals surface area contributed by atoms with Gasteiger partial charge >= 0.3 is 0 Å². The molecule has 0 aliphatic heterocycles. The van der Waals surface area contributed by atoms with Crippen LogP contribution in [-0.2, 0) is 6.42 Å². The summed E-state index contributed by atoms with van der Waals surface area (Å²) in [5, 5.41) is 0. The molecule has 2 N–H and O–H groups in total. The Bertz CT molecular complexity index is 250. The first-order valence-electron chi connectivity index (χ1n) is 4.64. The van der Waals surface area contributed by atoms with Crippen LogP contribution < -0.4 is 10.5 Å². The Hall–Kier alpha value is -1.09. The third kappa shape index (κ3) is 3.42. The standard InChI is InChI=1S/C10H16N2O/c1-2-13-10-5-7-12-9(8-10)4-3-6-11/h5,7-8H,2-4,6,11H2,1H3. The summed E-state index contributed by atoms with van der Waals surface area (Å²) < 4.78 is 5.36. The monoisotopic (exact) mass is 180 g/mol. The molecule has 3 heteroatoms. The highest BCUT2D eigenvalue weighted by atomic mass is 16.5. The number of pyridine rings is 1. The lowest BCUT2D eigenvalue weighted by Crippen LogP contribution is -2.01. The highest BCUT2D eigenvalue weighted by Gasteiger charge is 1.96. The van der Waals surface area contributed by atoms with Crippen molar-refractivity contribution in [1.29, 1.82) is 0 Å². The van der Waals surface area contributed by atoms with Crippen molar-refractivity contribution in [3.8, 4) is 5.75 Å². The first kappa shape index (κ1) is 9.99. The van der Waals surface area contributed by atoms with Gasteiger partial charge in [0.2, 0.25) is 0 Å². The van der Waals surface area contributed by atoms with Gasteiger partial charge in [-0.05, 0) is 32.4 Å². The second-order valence-corrected chi connectivity index (χ2v) is 2.81. The largest absolute Gasteiger partial charge is 0.494 e. The second-order valence-electron chi connectivity index (χ2n) is 2.81. The number of rotatable bonds is 5. The van der Waals surface area contributed by atoms with Crippen LogP contribution in [-0.4, -0.2) is 18.1 Å². The highest BCUT2D eigenvalue weighted by molar-refractivity contribution is 5.22. The van der Waals surface area contributed by atoms with E-state index in [1.807, 2.05) is 19.1 Å². The molecule has 13 heavy (non-hydrogen) atoms. The van der Waals surface area contributed by atoms with E-state index in [0.717, 1.165) is 24.3 Å². The van der Waals surface area contributed by atoms with Crippen molar-refractivity contribution >= 4 is 0 Å². The van der Waals surface area contributed by atoms with Crippen LogP contribution in [0.5, 0.6) is 5.75 Å². The minimum atomic E-state index is 0.695. The zero-order valence-electron chi connectivity index (χ0n) is 7.99. The summed E-state index contributed by atoms with van der Waals surface area (Å²) >= 11 is 0. The number of aryl methyl sites for hydroxylation is 1. The number of nitrogens with zero attached hydrogens (tertiary/aromatic N) is 1. The second kappa shape index (κ2) is 5.54. The predicted molar refractivity (Wildman–Crippen MR) is 52.8 cm³/mol. The fraction of sp³-hybridized carbons (Fsp3) is 0.500. The van der Waals surface area contributed by atoms with Crippen molar-refractivity contribution in [3.63, 3.8) is 0 Å². The minimum absolute atomic E-state index is 0.695. The lowest BCUT2D eigenvalue weighted by Gasteiger charge is -2.04. The van der Waals surface area contributed by atoms with Gasteiger partial charge in [0, 0.05) is 18.0 Å². The number of ether oxygens (including phenoxy) is 1. The quantitative estimate of drug-likeness (QED) is 0.744. The summed E-state index contributed by atoms with van der Waals surface area (Å²) in [7, 11) is 0. The Morgan fingerprint density at radius 3 is 3.08 bits per heavy atom. The van der Waals surface area contributed by atoms with Gasteiger partial charge in [-0.25, -0.2) is 0 Å². The normalized spacial score (nSPS) is 10.0. The molecule has 3 nitrogen and oxygen atoms in total. The van der Waals surface area contributed by atoms with Gasteiger partial charge in [0.1, 0.15) is 5.75 Å². The molecule has 0 fully saturated rings. The lowest BCUT2D eigenvalue weighted by atomic mass is 10.2. The van der Waals surface area contributed by atoms with E-state index in [1.165, 1.54) is 0 Å². The summed E-state index contributed by atoms with van der Waals surface area (Å²) in [6.07, 6.45) is 3.68. The Morgan fingerprint density at radius 1 is 1.54 bits per heavy atom. The molecule has 0 amide bonds. The van der Waals surface area contributed by atoms with Crippen molar-refractivity contribution in [2.24, 2.45) is 5.73 Å².